The first-order valence-corrected chi connectivity index (χ1v) is 8.01. The molecule has 0 saturated carbocycles. The number of ether oxygens (including phenoxy) is 2. The Morgan fingerprint density at radius 1 is 1.28 bits per heavy atom. The lowest BCUT2D eigenvalue weighted by Gasteiger charge is -2.33. The zero-order chi connectivity index (χ0) is 18.2. The van der Waals surface area contributed by atoms with Crippen LogP contribution in [0.3, 0.4) is 0 Å². The molecular weight excluding hydrogens is 326 g/mol. The molecule has 1 heterocycles. The van der Waals surface area contributed by atoms with E-state index in [0.29, 0.717) is 19.6 Å². The Morgan fingerprint density at radius 3 is 2.64 bits per heavy atom. The van der Waals surface area contributed by atoms with Gasteiger partial charge in [-0.2, -0.15) is 0 Å². The summed E-state index contributed by atoms with van der Waals surface area (Å²) in [7, 11) is 2.87. The third-order valence-corrected chi connectivity index (χ3v) is 4.02. The van der Waals surface area contributed by atoms with Gasteiger partial charge in [-0.25, -0.2) is 0 Å². The smallest absolute Gasteiger partial charge is 0.307 e. The number of benzene rings is 1. The molecule has 8 heteroatoms. The SMILES string of the molecule is COC(=O)C[C@H]1C(=O)NCCN1CC(=O)NCc1ccc(OC)cc1. The van der Waals surface area contributed by atoms with E-state index in [4.69, 9.17) is 4.74 Å². The van der Waals surface area contributed by atoms with Crippen molar-refractivity contribution in [1.29, 1.82) is 0 Å². The van der Waals surface area contributed by atoms with Crippen molar-refractivity contribution in [2.75, 3.05) is 33.9 Å². The number of carbonyl (C=O) groups is 3. The van der Waals surface area contributed by atoms with Gasteiger partial charge in [0.15, 0.2) is 0 Å². The molecule has 0 bridgehead atoms. The van der Waals surface area contributed by atoms with E-state index in [1.807, 2.05) is 24.3 Å². The van der Waals surface area contributed by atoms with Gasteiger partial charge in [-0.05, 0) is 17.7 Å². The van der Waals surface area contributed by atoms with E-state index in [0.717, 1.165) is 11.3 Å². The molecule has 1 aliphatic rings. The summed E-state index contributed by atoms with van der Waals surface area (Å²) in [6.07, 6.45) is -0.0753. The zero-order valence-electron chi connectivity index (χ0n) is 14.4. The highest BCUT2D eigenvalue weighted by Crippen LogP contribution is 2.12. The molecule has 1 aromatic rings. The first-order chi connectivity index (χ1) is 12.0. The second-order valence-corrected chi connectivity index (χ2v) is 5.68. The molecular formula is C17H23N3O5. The van der Waals surface area contributed by atoms with Gasteiger partial charge < -0.3 is 20.1 Å². The van der Waals surface area contributed by atoms with Crippen molar-refractivity contribution in [2.45, 2.75) is 19.0 Å². The first-order valence-electron chi connectivity index (χ1n) is 8.01. The predicted molar refractivity (Wildman–Crippen MR) is 89.8 cm³/mol. The third kappa shape index (κ3) is 5.46. The van der Waals surface area contributed by atoms with Crippen LogP contribution in [0.25, 0.3) is 0 Å². The summed E-state index contributed by atoms with van der Waals surface area (Å²) >= 11 is 0. The van der Waals surface area contributed by atoms with Crippen LogP contribution in [0.2, 0.25) is 0 Å². The van der Waals surface area contributed by atoms with Crippen molar-refractivity contribution in [3.8, 4) is 5.75 Å². The van der Waals surface area contributed by atoms with E-state index in [-0.39, 0.29) is 24.8 Å². The molecule has 0 unspecified atom stereocenters. The standard InChI is InChI=1S/C17H23N3O5/c1-24-13-5-3-12(4-6-13)10-19-15(21)11-20-8-7-18-17(23)14(20)9-16(22)25-2/h3-6,14H,7-11H2,1-2H3,(H,18,23)(H,19,21)/t14-/m0/s1. The van der Waals surface area contributed by atoms with Gasteiger partial charge >= 0.3 is 5.97 Å². The number of nitrogens with zero attached hydrogens (tertiary/aromatic N) is 1. The molecule has 0 spiro atoms. The molecule has 2 rings (SSSR count). The quantitative estimate of drug-likeness (QED) is 0.655. The minimum absolute atomic E-state index is 0.0469. The maximum absolute atomic E-state index is 12.2. The van der Waals surface area contributed by atoms with E-state index >= 15 is 0 Å². The van der Waals surface area contributed by atoms with Crippen LogP contribution in [0.15, 0.2) is 24.3 Å². The van der Waals surface area contributed by atoms with Gasteiger partial charge in [0.25, 0.3) is 0 Å². The molecule has 8 nitrogen and oxygen atoms in total. The fourth-order valence-corrected chi connectivity index (χ4v) is 2.60. The Morgan fingerprint density at radius 2 is 2.00 bits per heavy atom. The van der Waals surface area contributed by atoms with Crippen LogP contribution in [0.4, 0.5) is 0 Å². The van der Waals surface area contributed by atoms with Gasteiger partial charge in [0.05, 0.1) is 27.2 Å². The molecule has 2 amide bonds. The van der Waals surface area contributed by atoms with Gasteiger partial charge in [-0.1, -0.05) is 12.1 Å². The van der Waals surface area contributed by atoms with Crippen LogP contribution in [0.1, 0.15) is 12.0 Å². The molecule has 1 aliphatic heterocycles. The predicted octanol–water partition coefficient (Wildman–Crippen LogP) is -0.325. The second kappa shape index (κ2) is 9.03. The lowest BCUT2D eigenvalue weighted by atomic mass is 10.1. The van der Waals surface area contributed by atoms with Crippen molar-refractivity contribution in [2.24, 2.45) is 0 Å². The van der Waals surface area contributed by atoms with E-state index in [1.165, 1.54) is 7.11 Å². The number of esters is 1. The summed E-state index contributed by atoms with van der Waals surface area (Å²) in [5.41, 5.74) is 0.941. The van der Waals surface area contributed by atoms with Crippen LogP contribution in [-0.4, -0.2) is 62.6 Å². The van der Waals surface area contributed by atoms with E-state index < -0.39 is 12.0 Å². The van der Waals surface area contributed by atoms with Crippen molar-refractivity contribution in [3.05, 3.63) is 29.8 Å². The van der Waals surface area contributed by atoms with Gasteiger partial charge in [-0.15, -0.1) is 0 Å². The molecule has 1 atom stereocenters. The third-order valence-electron chi connectivity index (χ3n) is 4.02. The highest BCUT2D eigenvalue weighted by molar-refractivity contribution is 5.88. The van der Waals surface area contributed by atoms with Crippen molar-refractivity contribution in [1.82, 2.24) is 15.5 Å². The average molecular weight is 349 g/mol. The molecule has 1 fully saturated rings. The Kier molecular flexibility index (Phi) is 6.76. The Balaban J connectivity index is 1.88. The fraction of sp³-hybridized carbons (Fsp3) is 0.471. The lowest BCUT2D eigenvalue weighted by Crippen LogP contribution is -2.57. The van der Waals surface area contributed by atoms with Crippen LogP contribution in [0.5, 0.6) is 5.75 Å². The second-order valence-electron chi connectivity index (χ2n) is 5.68. The highest BCUT2D eigenvalue weighted by atomic mass is 16.5. The topological polar surface area (TPSA) is 97.0 Å². The number of hydrogen-bond acceptors (Lipinski definition) is 6. The number of rotatable bonds is 7. The molecule has 1 saturated heterocycles. The summed E-state index contributed by atoms with van der Waals surface area (Å²) in [5, 5.41) is 5.52. The summed E-state index contributed by atoms with van der Waals surface area (Å²) in [4.78, 5) is 37.3. The van der Waals surface area contributed by atoms with Crippen LogP contribution >= 0.6 is 0 Å². The van der Waals surface area contributed by atoms with E-state index in [9.17, 15) is 14.4 Å². The number of hydrogen-bond donors (Lipinski definition) is 2. The van der Waals surface area contributed by atoms with Crippen LogP contribution in [-0.2, 0) is 25.7 Å². The number of piperazine rings is 1. The van der Waals surface area contributed by atoms with Crippen molar-refractivity contribution >= 4 is 17.8 Å². The van der Waals surface area contributed by atoms with Gasteiger partial charge in [0, 0.05) is 19.6 Å². The van der Waals surface area contributed by atoms with E-state index in [1.54, 1.807) is 12.0 Å². The van der Waals surface area contributed by atoms with Crippen LogP contribution < -0.4 is 15.4 Å². The first kappa shape index (κ1) is 18.7. The summed E-state index contributed by atoms with van der Waals surface area (Å²) < 4.78 is 9.71. The van der Waals surface area contributed by atoms with Crippen LogP contribution in [0, 0.1) is 0 Å². The Hall–Kier alpha value is -2.61. The normalized spacial score (nSPS) is 17.5. The maximum Gasteiger partial charge on any atom is 0.307 e. The number of nitrogens with one attached hydrogen (secondary N) is 2. The average Bonchev–Trinajstić information content (AvgIpc) is 2.63. The highest BCUT2D eigenvalue weighted by Gasteiger charge is 2.32. The molecule has 25 heavy (non-hydrogen) atoms. The Labute approximate surface area is 146 Å². The summed E-state index contributed by atoms with van der Waals surface area (Å²) in [6, 6.07) is 6.69. The molecule has 2 N–H and O–H groups in total. The minimum Gasteiger partial charge on any atom is -0.497 e. The number of amides is 2. The largest absolute Gasteiger partial charge is 0.497 e. The van der Waals surface area contributed by atoms with Crippen molar-refractivity contribution in [3.63, 3.8) is 0 Å². The maximum atomic E-state index is 12.2. The lowest BCUT2D eigenvalue weighted by molar-refractivity contribution is -0.146. The summed E-state index contributed by atoms with van der Waals surface area (Å²) in [5.74, 6) is -0.203. The molecule has 1 aromatic carbocycles. The van der Waals surface area contributed by atoms with Crippen molar-refractivity contribution < 1.29 is 23.9 Å². The summed E-state index contributed by atoms with van der Waals surface area (Å²) in [6.45, 7) is 1.38. The monoisotopic (exact) mass is 349 g/mol. The molecule has 0 radical (unpaired) electrons. The molecule has 0 aromatic heterocycles. The minimum atomic E-state index is -0.687. The fourth-order valence-electron chi connectivity index (χ4n) is 2.60. The number of methoxy groups -OCH3 is 2. The molecule has 136 valence electrons. The van der Waals surface area contributed by atoms with Gasteiger partial charge in [-0.3, -0.25) is 19.3 Å². The van der Waals surface area contributed by atoms with Gasteiger partial charge in [0.2, 0.25) is 11.8 Å². The Bertz CT molecular complexity index is 617. The van der Waals surface area contributed by atoms with Gasteiger partial charge in [0.1, 0.15) is 11.8 Å². The van der Waals surface area contributed by atoms with E-state index in [2.05, 4.69) is 15.4 Å². The molecule has 0 aliphatic carbocycles. The zero-order valence-corrected chi connectivity index (χ0v) is 14.4. The number of carbonyl (C=O) groups excluding carboxylic acids is 3.